The van der Waals surface area contributed by atoms with Gasteiger partial charge in [-0.2, -0.15) is 0 Å². The van der Waals surface area contributed by atoms with Crippen molar-refractivity contribution in [2.75, 3.05) is 19.2 Å². The first-order valence-corrected chi connectivity index (χ1v) is 9.24. The number of carbonyl (C=O) groups excluding carboxylic acids is 1. The number of carbonyl (C=O) groups is 1. The van der Waals surface area contributed by atoms with E-state index in [2.05, 4.69) is 10.3 Å². The number of hydrogen-bond acceptors (Lipinski definition) is 6. The number of rotatable bonds is 5. The zero-order chi connectivity index (χ0) is 18.8. The maximum absolute atomic E-state index is 12.4. The molecule has 6 nitrogen and oxygen atoms in total. The van der Waals surface area contributed by atoms with Gasteiger partial charge in [-0.1, -0.05) is 6.07 Å². The SMILES string of the molecule is COc1ccc(-c2nc(NC(=O)Cc3ccc4c(c3)OCO4)sc2C)cc1. The predicted molar refractivity (Wildman–Crippen MR) is 104 cm³/mol. The summed E-state index contributed by atoms with van der Waals surface area (Å²) in [5.74, 6) is 2.05. The van der Waals surface area contributed by atoms with E-state index < -0.39 is 0 Å². The van der Waals surface area contributed by atoms with Crippen LogP contribution in [0.2, 0.25) is 0 Å². The lowest BCUT2D eigenvalue weighted by molar-refractivity contribution is -0.115. The molecule has 1 N–H and O–H groups in total. The number of hydrogen-bond donors (Lipinski definition) is 1. The zero-order valence-corrected chi connectivity index (χ0v) is 15.8. The van der Waals surface area contributed by atoms with Crippen LogP contribution in [0.5, 0.6) is 17.2 Å². The average Bonchev–Trinajstić information content (AvgIpc) is 3.27. The van der Waals surface area contributed by atoms with Gasteiger partial charge in [0.15, 0.2) is 16.6 Å². The molecule has 7 heteroatoms. The van der Waals surface area contributed by atoms with Crippen molar-refractivity contribution in [2.24, 2.45) is 0 Å². The molecule has 0 atom stereocenters. The minimum atomic E-state index is -0.121. The van der Waals surface area contributed by atoms with E-state index in [0.717, 1.165) is 27.4 Å². The topological polar surface area (TPSA) is 69.7 Å². The van der Waals surface area contributed by atoms with Crippen molar-refractivity contribution in [2.45, 2.75) is 13.3 Å². The highest BCUT2D eigenvalue weighted by Crippen LogP contribution is 2.33. The first kappa shape index (κ1) is 17.4. The predicted octanol–water partition coefficient (Wildman–Crippen LogP) is 4.04. The van der Waals surface area contributed by atoms with E-state index in [1.165, 1.54) is 11.3 Å². The van der Waals surface area contributed by atoms with Crippen LogP contribution >= 0.6 is 11.3 Å². The van der Waals surface area contributed by atoms with E-state index in [1.54, 1.807) is 7.11 Å². The summed E-state index contributed by atoms with van der Waals surface area (Å²) >= 11 is 1.46. The van der Waals surface area contributed by atoms with Gasteiger partial charge in [-0.25, -0.2) is 4.98 Å². The van der Waals surface area contributed by atoms with Gasteiger partial charge in [0, 0.05) is 10.4 Å². The third-order valence-corrected chi connectivity index (χ3v) is 5.09. The Balaban J connectivity index is 1.45. The highest BCUT2D eigenvalue weighted by atomic mass is 32.1. The van der Waals surface area contributed by atoms with Crippen molar-refractivity contribution in [3.8, 4) is 28.5 Å². The molecule has 0 saturated heterocycles. The normalized spacial score (nSPS) is 12.1. The van der Waals surface area contributed by atoms with Gasteiger partial charge >= 0.3 is 0 Å². The van der Waals surface area contributed by atoms with Crippen LogP contribution in [0.4, 0.5) is 5.13 Å². The number of aromatic nitrogens is 1. The van der Waals surface area contributed by atoms with E-state index in [0.29, 0.717) is 16.6 Å². The first-order valence-electron chi connectivity index (χ1n) is 8.42. The Morgan fingerprint density at radius 1 is 1.19 bits per heavy atom. The number of nitrogens with one attached hydrogen (secondary N) is 1. The minimum absolute atomic E-state index is 0.121. The number of methoxy groups -OCH3 is 1. The van der Waals surface area contributed by atoms with Crippen molar-refractivity contribution in [3.05, 3.63) is 52.9 Å². The van der Waals surface area contributed by atoms with Gasteiger partial charge in [0.2, 0.25) is 12.7 Å². The molecule has 0 unspecified atom stereocenters. The number of fused-ring (bicyclic) bond motifs is 1. The van der Waals surface area contributed by atoms with Crippen LogP contribution in [-0.2, 0) is 11.2 Å². The third kappa shape index (κ3) is 3.73. The van der Waals surface area contributed by atoms with Gasteiger partial charge in [-0.15, -0.1) is 11.3 Å². The standard InChI is InChI=1S/C20H18N2O4S/c1-12-19(14-4-6-15(24-2)7-5-14)22-20(27-12)21-18(23)10-13-3-8-16-17(9-13)26-11-25-16/h3-9H,10-11H2,1-2H3,(H,21,22,23). The van der Waals surface area contributed by atoms with E-state index in [-0.39, 0.29) is 19.1 Å². The van der Waals surface area contributed by atoms with Crippen molar-refractivity contribution in [1.29, 1.82) is 0 Å². The number of ether oxygens (including phenoxy) is 3. The van der Waals surface area contributed by atoms with E-state index in [1.807, 2.05) is 49.4 Å². The van der Waals surface area contributed by atoms with Gasteiger partial charge in [-0.3, -0.25) is 4.79 Å². The molecule has 138 valence electrons. The molecule has 1 aliphatic rings. The summed E-state index contributed by atoms with van der Waals surface area (Å²) in [6.07, 6.45) is 0.243. The summed E-state index contributed by atoms with van der Waals surface area (Å²) in [5, 5.41) is 3.47. The fourth-order valence-corrected chi connectivity index (χ4v) is 3.72. The van der Waals surface area contributed by atoms with Crippen LogP contribution in [0.3, 0.4) is 0 Å². The summed E-state index contributed by atoms with van der Waals surface area (Å²) in [5.41, 5.74) is 2.71. The molecule has 1 aliphatic heterocycles. The van der Waals surface area contributed by atoms with Crippen molar-refractivity contribution in [1.82, 2.24) is 4.98 Å². The smallest absolute Gasteiger partial charge is 0.231 e. The number of benzene rings is 2. The van der Waals surface area contributed by atoms with Crippen LogP contribution in [0.1, 0.15) is 10.4 Å². The quantitative estimate of drug-likeness (QED) is 0.721. The summed E-state index contributed by atoms with van der Waals surface area (Å²) in [7, 11) is 1.64. The Hall–Kier alpha value is -3.06. The number of nitrogens with zero attached hydrogens (tertiary/aromatic N) is 1. The summed E-state index contributed by atoms with van der Waals surface area (Å²) in [6, 6.07) is 13.2. The van der Waals surface area contributed by atoms with Gasteiger partial charge in [-0.05, 0) is 48.9 Å². The van der Waals surface area contributed by atoms with Gasteiger partial charge in [0.1, 0.15) is 5.75 Å². The summed E-state index contributed by atoms with van der Waals surface area (Å²) < 4.78 is 15.8. The van der Waals surface area contributed by atoms with Crippen LogP contribution in [0.15, 0.2) is 42.5 Å². The lowest BCUT2D eigenvalue weighted by atomic mass is 10.1. The van der Waals surface area contributed by atoms with Gasteiger partial charge < -0.3 is 19.5 Å². The van der Waals surface area contributed by atoms with Gasteiger partial charge in [0.25, 0.3) is 0 Å². The molecule has 0 fully saturated rings. The van der Waals surface area contributed by atoms with Crippen molar-refractivity contribution < 1.29 is 19.0 Å². The Bertz CT molecular complexity index is 982. The Morgan fingerprint density at radius 2 is 1.96 bits per heavy atom. The van der Waals surface area contributed by atoms with Crippen LogP contribution in [0, 0.1) is 6.92 Å². The van der Waals surface area contributed by atoms with E-state index in [4.69, 9.17) is 14.2 Å². The fraction of sp³-hybridized carbons (Fsp3) is 0.200. The molecule has 4 rings (SSSR count). The maximum atomic E-state index is 12.4. The largest absolute Gasteiger partial charge is 0.497 e. The van der Waals surface area contributed by atoms with E-state index >= 15 is 0 Å². The summed E-state index contributed by atoms with van der Waals surface area (Å²) in [6.45, 7) is 2.21. The average molecular weight is 382 g/mol. The molecule has 0 radical (unpaired) electrons. The molecule has 0 spiro atoms. The number of anilines is 1. The lowest BCUT2D eigenvalue weighted by Crippen LogP contribution is -2.14. The minimum Gasteiger partial charge on any atom is -0.497 e. The monoisotopic (exact) mass is 382 g/mol. The zero-order valence-electron chi connectivity index (χ0n) is 14.9. The Kier molecular flexibility index (Phi) is 4.68. The molecular weight excluding hydrogens is 364 g/mol. The summed E-state index contributed by atoms with van der Waals surface area (Å²) in [4.78, 5) is 18.0. The third-order valence-electron chi connectivity index (χ3n) is 4.21. The van der Waals surface area contributed by atoms with Crippen LogP contribution < -0.4 is 19.5 Å². The highest BCUT2D eigenvalue weighted by molar-refractivity contribution is 7.16. The molecule has 1 aromatic heterocycles. The van der Waals surface area contributed by atoms with Crippen molar-refractivity contribution >= 4 is 22.4 Å². The number of amides is 1. The Labute approximate surface area is 160 Å². The molecular formula is C20H18N2O4S. The molecule has 27 heavy (non-hydrogen) atoms. The Morgan fingerprint density at radius 3 is 2.74 bits per heavy atom. The second kappa shape index (κ2) is 7.28. The second-order valence-corrected chi connectivity index (χ2v) is 7.27. The maximum Gasteiger partial charge on any atom is 0.231 e. The molecule has 1 amide bonds. The van der Waals surface area contributed by atoms with Crippen molar-refractivity contribution in [3.63, 3.8) is 0 Å². The molecule has 2 aromatic carbocycles. The number of thiazole rings is 1. The number of aryl methyl sites for hydroxylation is 1. The first-order chi connectivity index (χ1) is 13.1. The molecule has 2 heterocycles. The molecule has 0 saturated carbocycles. The lowest BCUT2D eigenvalue weighted by Gasteiger charge is -2.04. The molecule has 0 aliphatic carbocycles. The van der Waals surface area contributed by atoms with Gasteiger partial charge in [0.05, 0.1) is 19.2 Å². The molecule has 0 bridgehead atoms. The second-order valence-electron chi connectivity index (χ2n) is 6.06. The molecule has 3 aromatic rings. The van der Waals surface area contributed by atoms with E-state index in [9.17, 15) is 4.79 Å². The van der Waals surface area contributed by atoms with Crippen LogP contribution in [0.25, 0.3) is 11.3 Å². The van der Waals surface area contributed by atoms with Crippen LogP contribution in [-0.4, -0.2) is 24.8 Å². The highest BCUT2D eigenvalue weighted by Gasteiger charge is 2.16. The fourth-order valence-electron chi connectivity index (χ4n) is 2.87.